The second kappa shape index (κ2) is 4.56. The van der Waals surface area contributed by atoms with Crippen molar-refractivity contribution in [1.82, 2.24) is 0 Å². The lowest BCUT2D eigenvalue weighted by atomic mass is 10.0. The van der Waals surface area contributed by atoms with Crippen molar-refractivity contribution >= 4 is 53.1 Å². The van der Waals surface area contributed by atoms with Crippen LogP contribution in [0.25, 0.3) is 41.7 Å². The molecule has 0 aliphatic heterocycles. The summed E-state index contributed by atoms with van der Waals surface area (Å²) in [6, 6.07) is 22.8. The van der Waals surface area contributed by atoms with E-state index in [0.717, 1.165) is 0 Å². The Bertz CT molecular complexity index is 1220. The summed E-state index contributed by atoms with van der Waals surface area (Å²) in [4.78, 5) is 0. The molecule has 0 saturated heterocycles. The van der Waals surface area contributed by atoms with E-state index in [4.69, 9.17) is 0 Å². The van der Waals surface area contributed by atoms with E-state index in [9.17, 15) is 0 Å². The van der Waals surface area contributed by atoms with E-state index in [1.165, 1.54) is 52.8 Å². The number of benzene rings is 4. The predicted molar refractivity (Wildman–Crippen MR) is 104 cm³/mol. The van der Waals surface area contributed by atoms with Gasteiger partial charge in [-0.2, -0.15) is 0 Å². The Morgan fingerprint density at radius 2 is 1.00 bits per heavy atom. The molecule has 0 aliphatic rings. The Hall–Kier alpha value is -2.38. The molecule has 0 unspecified atom stereocenters. The van der Waals surface area contributed by atoms with Crippen molar-refractivity contribution in [2.45, 2.75) is 13.8 Å². The molecule has 0 saturated carbocycles. The van der Waals surface area contributed by atoms with Gasteiger partial charge in [0.15, 0.2) is 0 Å². The van der Waals surface area contributed by atoms with E-state index in [2.05, 4.69) is 74.5 Å². The maximum absolute atomic E-state index is 2.36. The summed E-state index contributed by atoms with van der Waals surface area (Å²) >= 11 is 1.90. The maximum atomic E-state index is 2.36. The van der Waals surface area contributed by atoms with Gasteiger partial charge in [0.1, 0.15) is 0 Å². The molecule has 5 aromatic rings. The van der Waals surface area contributed by atoms with Gasteiger partial charge in [0.25, 0.3) is 0 Å². The van der Waals surface area contributed by atoms with Crippen LogP contribution < -0.4 is 0 Å². The maximum Gasteiger partial charge on any atom is 0.0361 e. The SMILES string of the molecule is Cc1ccc2cc3c(cc2c1)sc1cc2ccc(C)cc2cc13. The van der Waals surface area contributed by atoms with Crippen LogP contribution in [0.3, 0.4) is 0 Å². The molecule has 110 valence electrons. The summed E-state index contributed by atoms with van der Waals surface area (Å²) in [7, 11) is 0. The third-order valence-corrected chi connectivity index (χ3v) is 5.81. The Kier molecular flexibility index (Phi) is 2.60. The number of hydrogen-bond acceptors (Lipinski definition) is 1. The van der Waals surface area contributed by atoms with Gasteiger partial charge < -0.3 is 0 Å². The highest BCUT2D eigenvalue weighted by atomic mass is 32.1. The third kappa shape index (κ3) is 1.97. The zero-order valence-corrected chi connectivity index (χ0v) is 14.0. The van der Waals surface area contributed by atoms with Crippen LogP contribution in [-0.2, 0) is 0 Å². The molecule has 1 aromatic heterocycles. The minimum atomic E-state index is 1.32. The second-order valence-electron chi connectivity index (χ2n) is 6.50. The molecule has 0 aliphatic carbocycles. The van der Waals surface area contributed by atoms with Gasteiger partial charge in [0.05, 0.1) is 0 Å². The van der Waals surface area contributed by atoms with Crippen LogP contribution in [0.2, 0.25) is 0 Å². The molecule has 1 heteroatoms. The lowest BCUT2D eigenvalue weighted by Gasteiger charge is -2.02. The molecule has 5 rings (SSSR count). The van der Waals surface area contributed by atoms with Gasteiger partial charge in [-0.05, 0) is 59.7 Å². The van der Waals surface area contributed by atoms with Crippen molar-refractivity contribution in [3.8, 4) is 0 Å². The van der Waals surface area contributed by atoms with Crippen molar-refractivity contribution in [2.75, 3.05) is 0 Å². The number of fused-ring (bicyclic) bond motifs is 5. The first kappa shape index (κ1) is 13.1. The first-order chi connectivity index (χ1) is 11.2. The highest BCUT2D eigenvalue weighted by molar-refractivity contribution is 7.26. The highest BCUT2D eigenvalue weighted by Gasteiger charge is 2.08. The normalized spacial score (nSPS) is 11.9. The number of aryl methyl sites for hydroxylation is 2. The van der Waals surface area contributed by atoms with E-state index >= 15 is 0 Å². The highest BCUT2D eigenvalue weighted by Crippen LogP contribution is 2.38. The number of hydrogen-bond donors (Lipinski definition) is 0. The molecule has 0 bridgehead atoms. The Balaban J connectivity index is 1.94. The summed E-state index contributed by atoms with van der Waals surface area (Å²) in [5, 5.41) is 8.09. The molecule has 4 aromatic carbocycles. The third-order valence-electron chi connectivity index (χ3n) is 4.70. The van der Waals surface area contributed by atoms with Crippen LogP contribution in [0.15, 0.2) is 60.7 Å². The minimum Gasteiger partial charge on any atom is -0.135 e. The van der Waals surface area contributed by atoms with Gasteiger partial charge in [-0.1, -0.05) is 47.5 Å². The number of thiophene rings is 1. The van der Waals surface area contributed by atoms with E-state index in [-0.39, 0.29) is 0 Å². The van der Waals surface area contributed by atoms with Crippen LogP contribution >= 0.6 is 11.3 Å². The van der Waals surface area contributed by atoms with Crippen LogP contribution in [-0.4, -0.2) is 0 Å². The topological polar surface area (TPSA) is 0 Å². The van der Waals surface area contributed by atoms with Crippen molar-refractivity contribution in [2.24, 2.45) is 0 Å². The standard InChI is InChI=1S/C22H16S/c1-13-4-6-16-11-21-20(10-17(16)7-13)19-9-15-5-3-14(2)8-18(15)12-22(19)23-21/h3-12H,1-2H3. The van der Waals surface area contributed by atoms with Crippen molar-refractivity contribution < 1.29 is 0 Å². The van der Waals surface area contributed by atoms with Gasteiger partial charge in [0, 0.05) is 20.2 Å². The fourth-order valence-corrected chi connectivity index (χ4v) is 4.67. The minimum absolute atomic E-state index is 1.32. The molecule has 0 amide bonds. The number of rotatable bonds is 0. The quantitative estimate of drug-likeness (QED) is 0.289. The predicted octanol–water partition coefficient (Wildman–Crippen LogP) is 6.98. The Labute approximate surface area is 139 Å². The van der Waals surface area contributed by atoms with E-state index in [0.29, 0.717) is 0 Å². The van der Waals surface area contributed by atoms with E-state index < -0.39 is 0 Å². The van der Waals surface area contributed by atoms with Crippen molar-refractivity contribution in [3.63, 3.8) is 0 Å². The molecule has 0 atom stereocenters. The molecule has 0 nitrogen and oxygen atoms in total. The average Bonchev–Trinajstić information content (AvgIpc) is 2.87. The Morgan fingerprint density at radius 3 is 1.65 bits per heavy atom. The van der Waals surface area contributed by atoms with Crippen LogP contribution in [0, 0.1) is 13.8 Å². The van der Waals surface area contributed by atoms with Gasteiger partial charge >= 0.3 is 0 Å². The summed E-state index contributed by atoms with van der Waals surface area (Å²) in [5.41, 5.74) is 2.64. The molecule has 1 heterocycles. The van der Waals surface area contributed by atoms with Crippen LogP contribution in [0.4, 0.5) is 0 Å². The molecule has 0 fully saturated rings. The largest absolute Gasteiger partial charge is 0.135 e. The van der Waals surface area contributed by atoms with Gasteiger partial charge in [-0.3, -0.25) is 0 Å². The van der Waals surface area contributed by atoms with Crippen molar-refractivity contribution in [1.29, 1.82) is 0 Å². The monoisotopic (exact) mass is 312 g/mol. The second-order valence-corrected chi connectivity index (χ2v) is 7.58. The summed E-state index contributed by atoms with van der Waals surface area (Å²) < 4.78 is 2.76. The Morgan fingerprint density at radius 1 is 0.522 bits per heavy atom. The fourth-order valence-electron chi connectivity index (χ4n) is 3.50. The fraction of sp³-hybridized carbons (Fsp3) is 0.0909. The average molecular weight is 312 g/mol. The van der Waals surface area contributed by atoms with Crippen LogP contribution in [0.5, 0.6) is 0 Å². The van der Waals surface area contributed by atoms with Gasteiger partial charge in [-0.15, -0.1) is 11.3 Å². The zero-order chi connectivity index (χ0) is 15.6. The van der Waals surface area contributed by atoms with Crippen LogP contribution in [0.1, 0.15) is 11.1 Å². The lowest BCUT2D eigenvalue weighted by molar-refractivity contribution is 1.51. The first-order valence-corrected chi connectivity index (χ1v) is 8.76. The molecule has 0 radical (unpaired) electrons. The van der Waals surface area contributed by atoms with Gasteiger partial charge in [-0.25, -0.2) is 0 Å². The van der Waals surface area contributed by atoms with Crippen molar-refractivity contribution in [3.05, 3.63) is 71.8 Å². The molecule has 23 heavy (non-hydrogen) atoms. The van der Waals surface area contributed by atoms with E-state index in [1.807, 2.05) is 11.3 Å². The summed E-state index contributed by atoms with van der Waals surface area (Å²) in [6.45, 7) is 4.31. The molecular formula is C22H16S. The summed E-state index contributed by atoms with van der Waals surface area (Å²) in [6.07, 6.45) is 0. The molecule has 0 spiro atoms. The van der Waals surface area contributed by atoms with Gasteiger partial charge in [0.2, 0.25) is 0 Å². The molecule has 0 N–H and O–H groups in total. The lowest BCUT2D eigenvalue weighted by Crippen LogP contribution is -1.77. The zero-order valence-electron chi connectivity index (χ0n) is 13.2. The smallest absolute Gasteiger partial charge is 0.0361 e. The summed E-state index contributed by atoms with van der Waals surface area (Å²) in [5.74, 6) is 0. The van der Waals surface area contributed by atoms with E-state index in [1.54, 1.807) is 0 Å². The molecular weight excluding hydrogens is 296 g/mol. The first-order valence-electron chi connectivity index (χ1n) is 7.94.